The van der Waals surface area contributed by atoms with Gasteiger partial charge in [-0.25, -0.2) is 4.98 Å². The van der Waals surface area contributed by atoms with Gasteiger partial charge in [-0.2, -0.15) is 0 Å². The summed E-state index contributed by atoms with van der Waals surface area (Å²) in [6.45, 7) is 6.20. The molecule has 2 heterocycles. The molecule has 1 aliphatic rings. The Kier molecular flexibility index (Phi) is 6.06. The second-order valence-corrected chi connectivity index (χ2v) is 7.97. The highest BCUT2D eigenvalue weighted by Crippen LogP contribution is 2.31. The van der Waals surface area contributed by atoms with Crippen molar-refractivity contribution in [1.82, 2.24) is 10.3 Å². The van der Waals surface area contributed by atoms with E-state index in [1.165, 1.54) is 6.20 Å². The van der Waals surface area contributed by atoms with Crippen molar-refractivity contribution in [2.24, 2.45) is 5.41 Å². The molecule has 0 radical (unpaired) electrons. The molecule has 2 amide bonds. The first kappa shape index (κ1) is 19.7. The Labute approximate surface area is 157 Å². The van der Waals surface area contributed by atoms with Crippen LogP contribution in [0.15, 0.2) is 12.3 Å². The minimum atomic E-state index is -0.515. The van der Waals surface area contributed by atoms with E-state index in [9.17, 15) is 9.59 Å². The Morgan fingerprint density at radius 2 is 2.08 bits per heavy atom. The predicted octanol–water partition coefficient (Wildman–Crippen LogP) is 3.46. The highest BCUT2D eigenvalue weighted by molar-refractivity contribution is 6.36. The summed E-state index contributed by atoms with van der Waals surface area (Å²) < 4.78 is 0. The first-order valence-corrected chi connectivity index (χ1v) is 8.84. The molecule has 0 saturated carbocycles. The number of anilines is 1. The molecule has 0 aromatic carbocycles. The molecular weight excluding hydrogens is 363 g/mol. The zero-order valence-electron chi connectivity index (χ0n) is 14.5. The van der Waals surface area contributed by atoms with Crippen LogP contribution in [-0.2, 0) is 9.59 Å². The fourth-order valence-electron chi connectivity index (χ4n) is 2.60. The van der Waals surface area contributed by atoms with Crippen LogP contribution < -0.4 is 10.2 Å². The van der Waals surface area contributed by atoms with Crippen molar-refractivity contribution in [3.8, 4) is 0 Å². The van der Waals surface area contributed by atoms with E-state index in [1.807, 2.05) is 20.8 Å². The van der Waals surface area contributed by atoms with Crippen LogP contribution in [0.3, 0.4) is 0 Å². The molecule has 25 heavy (non-hydrogen) atoms. The second kappa shape index (κ2) is 7.70. The highest BCUT2D eigenvalue weighted by Gasteiger charge is 2.34. The van der Waals surface area contributed by atoms with Gasteiger partial charge in [0.05, 0.1) is 16.5 Å². The minimum absolute atomic E-state index is 0.0953. The lowest BCUT2D eigenvalue weighted by atomic mass is 9.88. The first-order chi connectivity index (χ1) is 11.6. The second-order valence-electron chi connectivity index (χ2n) is 7.13. The average Bonchev–Trinajstić information content (AvgIpc) is 2.95. The van der Waals surface area contributed by atoms with Gasteiger partial charge in [0.25, 0.3) is 0 Å². The summed E-state index contributed by atoms with van der Waals surface area (Å²) in [6, 6.07) is 1.06. The van der Waals surface area contributed by atoms with Gasteiger partial charge in [-0.1, -0.05) is 44.0 Å². The number of nitrogens with one attached hydrogen (secondary N) is 2. The Balaban J connectivity index is 2.05. The summed E-state index contributed by atoms with van der Waals surface area (Å²) in [5.74, 6) is -0.373. The third kappa shape index (κ3) is 4.92. The largest absolute Gasteiger partial charge is 0.343 e. The number of imide groups is 1. The van der Waals surface area contributed by atoms with Gasteiger partial charge in [0.2, 0.25) is 11.8 Å². The smallest absolute Gasteiger partial charge is 0.249 e. The summed E-state index contributed by atoms with van der Waals surface area (Å²) in [7, 11) is 0. The summed E-state index contributed by atoms with van der Waals surface area (Å²) >= 11 is 12.1. The van der Waals surface area contributed by atoms with E-state index in [0.29, 0.717) is 28.8 Å². The van der Waals surface area contributed by atoms with Gasteiger partial charge >= 0.3 is 0 Å². The molecule has 1 fully saturated rings. The van der Waals surface area contributed by atoms with Crippen LogP contribution in [0.5, 0.6) is 0 Å². The summed E-state index contributed by atoms with van der Waals surface area (Å²) in [4.78, 5) is 30.6. The van der Waals surface area contributed by atoms with Gasteiger partial charge in [0.1, 0.15) is 11.9 Å². The van der Waals surface area contributed by atoms with Crippen molar-refractivity contribution in [3.63, 3.8) is 0 Å². The van der Waals surface area contributed by atoms with Crippen LogP contribution in [0.25, 0.3) is 0 Å². The fraction of sp³-hybridized carbons (Fsp3) is 0.529. The number of nitrogens with zero attached hydrogens (tertiary/aromatic N) is 2. The SMILES string of the molecule is CC(C)(C)C(=N)CC(=O)NC(=O)C1CCCN1c1ncc(Cl)cc1Cl. The van der Waals surface area contributed by atoms with Gasteiger partial charge in [-0.15, -0.1) is 0 Å². The van der Waals surface area contributed by atoms with Crippen LogP contribution in [-0.4, -0.2) is 35.1 Å². The lowest BCUT2D eigenvalue weighted by molar-refractivity contribution is -0.130. The quantitative estimate of drug-likeness (QED) is 0.778. The maximum absolute atomic E-state index is 12.5. The summed E-state index contributed by atoms with van der Waals surface area (Å²) in [6.07, 6.45) is 2.79. The average molecular weight is 385 g/mol. The van der Waals surface area contributed by atoms with Crippen molar-refractivity contribution in [2.45, 2.75) is 46.1 Å². The van der Waals surface area contributed by atoms with Crippen molar-refractivity contribution >= 4 is 46.5 Å². The Morgan fingerprint density at radius 3 is 2.68 bits per heavy atom. The van der Waals surface area contributed by atoms with E-state index < -0.39 is 23.3 Å². The number of aromatic nitrogens is 1. The summed E-state index contributed by atoms with van der Waals surface area (Å²) in [5, 5.41) is 11.1. The molecule has 0 spiro atoms. The number of halogens is 2. The van der Waals surface area contributed by atoms with Crippen molar-refractivity contribution < 1.29 is 9.59 Å². The molecule has 0 bridgehead atoms. The molecular formula is C17H22Cl2N4O2. The number of rotatable bonds is 4. The van der Waals surface area contributed by atoms with Crippen LogP contribution in [0, 0.1) is 10.8 Å². The lowest BCUT2D eigenvalue weighted by Crippen LogP contribution is -2.46. The Hall–Kier alpha value is -1.66. The van der Waals surface area contributed by atoms with E-state index in [1.54, 1.807) is 11.0 Å². The molecule has 1 unspecified atom stereocenters. The molecule has 0 aliphatic carbocycles. The summed E-state index contributed by atoms with van der Waals surface area (Å²) in [5.41, 5.74) is -0.121. The third-order valence-electron chi connectivity index (χ3n) is 4.12. The molecule has 1 aliphatic heterocycles. The molecule has 1 saturated heterocycles. The zero-order valence-corrected chi connectivity index (χ0v) is 16.0. The highest BCUT2D eigenvalue weighted by atomic mass is 35.5. The van der Waals surface area contributed by atoms with E-state index in [4.69, 9.17) is 28.6 Å². The minimum Gasteiger partial charge on any atom is -0.343 e. The molecule has 1 aromatic heterocycles. The lowest BCUT2D eigenvalue weighted by Gasteiger charge is -2.25. The van der Waals surface area contributed by atoms with Crippen LogP contribution in [0.1, 0.15) is 40.0 Å². The van der Waals surface area contributed by atoms with Crippen molar-refractivity contribution in [3.05, 3.63) is 22.3 Å². The molecule has 136 valence electrons. The normalized spacial score (nSPS) is 17.5. The van der Waals surface area contributed by atoms with Crippen LogP contribution in [0.2, 0.25) is 10.0 Å². The van der Waals surface area contributed by atoms with Gasteiger partial charge in [0.15, 0.2) is 0 Å². The number of hydrogen-bond donors (Lipinski definition) is 2. The zero-order chi connectivity index (χ0) is 18.8. The maximum Gasteiger partial charge on any atom is 0.249 e. The number of hydrogen-bond acceptors (Lipinski definition) is 5. The van der Waals surface area contributed by atoms with Crippen molar-refractivity contribution in [1.29, 1.82) is 5.41 Å². The van der Waals surface area contributed by atoms with Gasteiger partial charge in [-0.05, 0) is 18.9 Å². The number of carbonyl (C=O) groups excluding carboxylic acids is 2. The van der Waals surface area contributed by atoms with Crippen molar-refractivity contribution in [2.75, 3.05) is 11.4 Å². The van der Waals surface area contributed by atoms with E-state index in [2.05, 4.69) is 10.3 Å². The maximum atomic E-state index is 12.5. The topological polar surface area (TPSA) is 86.2 Å². The van der Waals surface area contributed by atoms with Gasteiger partial charge in [-0.3, -0.25) is 14.9 Å². The molecule has 8 heteroatoms. The molecule has 6 nitrogen and oxygen atoms in total. The molecule has 1 aromatic rings. The van der Waals surface area contributed by atoms with E-state index in [-0.39, 0.29) is 12.1 Å². The molecule has 2 N–H and O–H groups in total. The number of pyridine rings is 1. The third-order valence-corrected chi connectivity index (χ3v) is 4.61. The van der Waals surface area contributed by atoms with Gasteiger partial charge in [0, 0.05) is 23.9 Å². The first-order valence-electron chi connectivity index (χ1n) is 8.09. The Morgan fingerprint density at radius 1 is 1.40 bits per heavy atom. The van der Waals surface area contributed by atoms with Crippen LogP contribution >= 0.6 is 23.2 Å². The fourth-order valence-corrected chi connectivity index (χ4v) is 3.09. The van der Waals surface area contributed by atoms with E-state index >= 15 is 0 Å². The van der Waals surface area contributed by atoms with E-state index in [0.717, 1.165) is 6.42 Å². The number of amides is 2. The monoisotopic (exact) mass is 384 g/mol. The number of carbonyl (C=O) groups is 2. The standard InChI is InChI=1S/C17H22Cl2N4O2/c1-17(2,3)13(20)8-14(24)22-16(25)12-5-4-6-23(12)15-11(19)7-10(18)9-21-15/h7,9,12,20H,4-6,8H2,1-3H3,(H,22,24,25). The Bertz CT molecular complexity index is 700. The van der Waals surface area contributed by atoms with Crippen LogP contribution in [0.4, 0.5) is 5.82 Å². The molecule has 1 atom stereocenters. The predicted molar refractivity (Wildman–Crippen MR) is 99.6 cm³/mol. The van der Waals surface area contributed by atoms with Gasteiger partial charge < -0.3 is 10.3 Å². The molecule has 2 rings (SSSR count).